The summed E-state index contributed by atoms with van der Waals surface area (Å²) in [5, 5.41) is 3.46. The number of hydrogen-bond acceptors (Lipinski definition) is 4. The molecule has 0 fully saturated rings. The highest BCUT2D eigenvalue weighted by atomic mass is 79.9. The Morgan fingerprint density at radius 3 is 2.94 bits per heavy atom. The molecule has 2 aromatic rings. The molecule has 3 nitrogen and oxygen atoms in total. The van der Waals surface area contributed by atoms with Gasteiger partial charge in [-0.3, -0.25) is 0 Å². The van der Waals surface area contributed by atoms with Crippen molar-refractivity contribution in [2.75, 3.05) is 0 Å². The predicted octanol–water partition coefficient (Wildman–Crippen LogP) is 3.46. The Kier molecular flexibility index (Phi) is 4.25. The van der Waals surface area contributed by atoms with Crippen LogP contribution in [-0.4, -0.2) is 9.97 Å². The number of rotatable bonds is 4. The van der Waals surface area contributed by atoms with Gasteiger partial charge in [0, 0.05) is 17.5 Å². The molecular formula is C12H14BrN3S. The molecule has 5 heteroatoms. The fourth-order valence-corrected chi connectivity index (χ4v) is 2.60. The standard InChI is InChI=1S/C12H14BrN3S/c1-8(10-4-3-5-12(13)16-10)14-6-11-9(2)15-7-17-11/h3-5,7-8,14H,6H2,1-2H3. The minimum absolute atomic E-state index is 0.231. The lowest BCUT2D eigenvalue weighted by Gasteiger charge is -2.12. The Labute approximate surface area is 113 Å². The minimum Gasteiger partial charge on any atom is -0.304 e. The molecule has 0 aromatic carbocycles. The molecular weight excluding hydrogens is 298 g/mol. The van der Waals surface area contributed by atoms with Crippen molar-refractivity contribution in [1.29, 1.82) is 0 Å². The summed E-state index contributed by atoms with van der Waals surface area (Å²) in [6, 6.07) is 6.20. The second-order valence-corrected chi connectivity index (χ2v) is 5.60. The van der Waals surface area contributed by atoms with E-state index in [-0.39, 0.29) is 6.04 Å². The molecule has 1 N–H and O–H groups in total. The number of nitrogens with zero attached hydrogens (tertiary/aromatic N) is 2. The third-order valence-electron chi connectivity index (χ3n) is 2.59. The highest BCUT2D eigenvalue weighted by Gasteiger charge is 2.08. The third-order valence-corrected chi connectivity index (χ3v) is 3.97. The lowest BCUT2D eigenvalue weighted by molar-refractivity contribution is 0.563. The van der Waals surface area contributed by atoms with Gasteiger partial charge in [0.25, 0.3) is 0 Å². The average molecular weight is 312 g/mol. The number of thiazole rings is 1. The number of aryl methyl sites for hydroxylation is 1. The van der Waals surface area contributed by atoms with Crippen molar-refractivity contribution in [3.8, 4) is 0 Å². The summed E-state index contributed by atoms with van der Waals surface area (Å²) in [5.41, 5.74) is 4.03. The Morgan fingerprint density at radius 1 is 1.47 bits per heavy atom. The Balaban J connectivity index is 1.98. The van der Waals surface area contributed by atoms with Crippen molar-refractivity contribution in [1.82, 2.24) is 15.3 Å². The fraction of sp³-hybridized carbons (Fsp3) is 0.333. The van der Waals surface area contributed by atoms with Crippen LogP contribution in [0.3, 0.4) is 0 Å². The zero-order valence-corrected chi connectivity index (χ0v) is 12.2. The SMILES string of the molecule is Cc1ncsc1CNC(C)c1cccc(Br)n1. The maximum Gasteiger partial charge on any atom is 0.106 e. The molecule has 0 amide bonds. The van der Waals surface area contributed by atoms with Crippen molar-refractivity contribution in [2.45, 2.75) is 26.4 Å². The summed E-state index contributed by atoms with van der Waals surface area (Å²) in [6.07, 6.45) is 0. The summed E-state index contributed by atoms with van der Waals surface area (Å²) in [4.78, 5) is 9.96. The molecule has 2 rings (SSSR count). The second-order valence-electron chi connectivity index (χ2n) is 3.85. The first-order chi connectivity index (χ1) is 8.16. The van der Waals surface area contributed by atoms with Crippen molar-refractivity contribution in [2.24, 2.45) is 0 Å². The largest absolute Gasteiger partial charge is 0.304 e. The van der Waals surface area contributed by atoms with Crippen LogP contribution in [0.25, 0.3) is 0 Å². The van der Waals surface area contributed by atoms with Gasteiger partial charge in [-0.15, -0.1) is 11.3 Å². The van der Waals surface area contributed by atoms with Gasteiger partial charge in [0.15, 0.2) is 0 Å². The topological polar surface area (TPSA) is 37.8 Å². The first kappa shape index (κ1) is 12.7. The minimum atomic E-state index is 0.231. The summed E-state index contributed by atoms with van der Waals surface area (Å²) in [6.45, 7) is 4.99. The van der Waals surface area contributed by atoms with Crippen LogP contribution >= 0.6 is 27.3 Å². The van der Waals surface area contributed by atoms with E-state index >= 15 is 0 Å². The third kappa shape index (κ3) is 3.34. The Morgan fingerprint density at radius 2 is 2.29 bits per heavy atom. The predicted molar refractivity (Wildman–Crippen MR) is 74.0 cm³/mol. The van der Waals surface area contributed by atoms with Gasteiger partial charge in [0.2, 0.25) is 0 Å². The van der Waals surface area contributed by atoms with Crippen LogP contribution in [0, 0.1) is 6.92 Å². The molecule has 0 saturated heterocycles. The van der Waals surface area contributed by atoms with E-state index in [1.807, 2.05) is 30.6 Å². The number of halogens is 1. The van der Waals surface area contributed by atoms with Crippen molar-refractivity contribution in [3.05, 3.63) is 44.6 Å². The van der Waals surface area contributed by atoms with Gasteiger partial charge in [-0.05, 0) is 41.9 Å². The maximum atomic E-state index is 4.44. The Bertz CT molecular complexity index is 498. The first-order valence-corrected chi connectivity index (χ1v) is 7.09. The monoisotopic (exact) mass is 311 g/mol. The van der Waals surface area contributed by atoms with Gasteiger partial charge in [-0.25, -0.2) is 9.97 Å². The second kappa shape index (κ2) is 5.71. The van der Waals surface area contributed by atoms with Crippen molar-refractivity contribution >= 4 is 27.3 Å². The van der Waals surface area contributed by atoms with Crippen LogP contribution in [0.4, 0.5) is 0 Å². The number of nitrogens with one attached hydrogen (secondary N) is 1. The molecule has 0 aliphatic rings. The summed E-state index contributed by atoms with van der Waals surface area (Å²) in [7, 11) is 0. The van der Waals surface area contributed by atoms with Crippen LogP contribution in [-0.2, 0) is 6.54 Å². The zero-order valence-electron chi connectivity index (χ0n) is 9.77. The van der Waals surface area contributed by atoms with E-state index in [0.717, 1.165) is 22.5 Å². The number of pyridine rings is 1. The van der Waals surface area contributed by atoms with Gasteiger partial charge in [0.05, 0.1) is 16.9 Å². The van der Waals surface area contributed by atoms with Gasteiger partial charge < -0.3 is 5.32 Å². The van der Waals surface area contributed by atoms with Crippen LogP contribution in [0.5, 0.6) is 0 Å². The molecule has 0 aliphatic heterocycles. The van der Waals surface area contributed by atoms with Crippen LogP contribution in [0.1, 0.15) is 29.2 Å². The first-order valence-electron chi connectivity index (χ1n) is 5.41. The van der Waals surface area contributed by atoms with E-state index in [0.29, 0.717) is 0 Å². The van der Waals surface area contributed by atoms with E-state index in [9.17, 15) is 0 Å². The van der Waals surface area contributed by atoms with Gasteiger partial charge in [0.1, 0.15) is 4.60 Å². The quantitative estimate of drug-likeness (QED) is 0.879. The van der Waals surface area contributed by atoms with Gasteiger partial charge in [-0.1, -0.05) is 6.07 Å². The molecule has 1 atom stereocenters. The average Bonchev–Trinajstić information content (AvgIpc) is 2.72. The maximum absolute atomic E-state index is 4.44. The molecule has 0 bridgehead atoms. The molecule has 1 unspecified atom stereocenters. The van der Waals surface area contributed by atoms with Gasteiger partial charge in [-0.2, -0.15) is 0 Å². The molecule has 90 valence electrons. The highest BCUT2D eigenvalue weighted by Crippen LogP contribution is 2.16. The van der Waals surface area contributed by atoms with Crippen LogP contribution in [0.15, 0.2) is 28.3 Å². The van der Waals surface area contributed by atoms with Crippen LogP contribution in [0.2, 0.25) is 0 Å². The lowest BCUT2D eigenvalue weighted by Crippen LogP contribution is -2.19. The van der Waals surface area contributed by atoms with Crippen LogP contribution < -0.4 is 5.32 Å². The van der Waals surface area contributed by atoms with E-state index in [1.165, 1.54) is 4.88 Å². The Hall–Kier alpha value is -0.780. The van der Waals surface area contributed by atoms with Crippen molar-refractivity contribution in [3.63, 3.8) is 0 Å². The molecule has 0 aliphatic carbocycles. The van der Waals surface area contributed by atoms with E-state index in [1.54, 1.807) is 11.3 Å². The van der Waals surface area contributed by atoms with E-state index in [4.69, 9.17) is 0 Å². The number of aromatic nitrogens is 2. The lowest BCUT2D eigenvalue weighted by atomic mass is 10.2. The van der Waals surface area contributed by atoms with E-state index < -0.39 is 0 Å². The summed E-state index contributed by atoms with van der Waals surface area (Å²) < 4.78 is 0.873. The molecule has 0 saturated carbocycles. The highest BCUT2D eigenvalue weighted by molar-refractivity contribution is 9.10. The zero-order chi connectivity index (χ0) is 12.3. The summed E-state index contributed by atoms with van der Waals surface area (Å²) in [5.74, 6) is 0. The fourth-order valence-electron chi connectivity index (χ4n) is 1.51. The van der Waals surface area contributed by atoms with E-state index in [2.05, 4.69) is 38.1 Å². The molecule has 0 spiro atoms. The molecule has 2 aromatic heterocycles. The molecule has 17 heavy (non-hydrogen) atoms. The normalized spacial score (nSPS) is 12.6. The molecule has 0 radical (unpaired) electrons. The smallest absolute Gasteiger partial charge is 0.106 e. The molecule has 2 heterocycles. The van der Waals surface area contributed by atoms with Gasteiger partial charge >= 0.3 is 0 Å². The van der Waals surface area contributed by atoms with Crippen molar-refractivity contribution < 1.29 is 0 Å². The number of hydrogen-bond donors (Lipinski definition) is 1. The summed E-state index contributed by atoms with van der Waals surface area (Å²) >= 11 is 5.07.